The summed E-state index contributed by atoms with van der Waals surface area (Å²) in [6.45, 7) is 4.72. The van der Waals surface area contributed by atoms with Crippen molar-refractivity contribution in [2.75, 3.05) is 4.90 Å². The quantitative estimate of drug-likeness (QED) is 0.184. The van der Waals surface area contributed by atoms with Crippen molar-refractivity contribution in [3.63, 3.8) is 0 Å². The normalized spacial score (nSPS) is 13.3. The second-order valence-corrected chi connectivity index (χ2v) is 14.8. The first-order chi connectivity index (χ1) is 24.0. The molecule has 0 saturated heterocycles. The van der Waals surface area contributed by atoms with Crippen LogP contribution in [0.1, 0.15) is 25.0 Å². The third kappa shape index (κ3) is 4.31. The van der Waals surface area contributed by atoms with E-state index < -0.39 is 0 Å². The average molecular weight is 644 g/mol. The van der Waals surface area contributed by atoms with Crippen LogP contribution in [0.2, 0.25) is 0 Å². The van der Waals surface area contributed by atoms with E-state index in [0.29, 0.717) is 0 Å². The Balaban J connectivity index is 1.19. The maximum atomic E-state index is 2.47. The van der Waals surface area contributed by atoms with Crippen molar-refractivity contribution < 1.29 is 0 Å². The molecule has 1 heterocycles. The zero-order valence-electron chi connectivity index (χ0n) is 27.4. The molecule has 2 heteroatoms. The molecule has 0 aliphatic heterocycles. The van der Waals surface area contributed by atoms with E-state index in [1.54, 1.807) is 0 Å². The standard InChI is InChI=1S/C47H33NS/c1-47(2)41-17-7-5-15-39(41)46-42(47)18-10-19-43(46)48(34-24-21-31(22-25-34)37-16-9-12-30-11-3-4-13-36(30)37)35-26-23-32-28-40-38-14-6-8-20-44(38)49-45(40)29-33(32)27-35/h3-29H,1-2H3. The highest BCUT2D eigenvalue weighted by Gasteiger charge is 2.37. The van der Waals surface area contributed by atoms with Crippen molar-refractivity contribution in [2.45, 2.75) is 19.3 Å². The van der Waals surface area contributed by atoms with Gasteiger partial charge in [-0.1, -0.05) is 129 Å². The largest absolute Gasteiger partial charge is 0.310 e. The number of hydrogen-bond acceptors (Lipinski definition) is 2. The molecule has 0 fully saturated rings. The number of benzene rings is 8. The molecule has 9 aromatic rings. The second kappa shape index (κ2) is 10.7. The van der Waals surface area contributed by atoms with Crippen LogP contribution in [0, 0.1) is 0 Å². The molecule has 0 atom stereocenters. The summed E-state index contributed by atoms with van der Waals surface area (Å²) in [5, 5.41) is 7.72. The van der Waals surface area contributed by atoms with Gasteiger partial charge >= 0.3 is 0 Å². The summed E-state index contributed by atoms with van der Waals surface area (Å²) < 4.78 is 2.66. The number of thiophene rings is 1. The molecular formula is C47H33NS. The van der Waals surface area contributed by atoms with E-state index in [0.717, 1.165) is 11.4 Å². The van der Waals surface area contributed by atoms with Crippen molar-refractivity contribution >= 4 is 70.1 Å². The lowest BCUT2D eigenvalue weighted by Gasteiger charge is -2.29. The van der Waals surface area contributed by atoms with Gasteiger partial charge in [-0.3, -0.25) is 0 Å². The third-order valence-corrected chi connectivity index (χ3v) is 11.8. The maximum Gasteiger partial charge on any atom is 0.0543 e. The highest BCUT2D eigenvalue weighted by atomic mass is 32.1. The molecule has 8 aromatic carbocycles. The van der Waals surface area contributed by atoms with Crippen molar-refractivity contribution in [1.82, 2.24) is 0 Å². The van der Waals surface area contributed by atoms with Gasteiger partial charge in [-0.15, -0.1) is 11.3 Å². The fraction of sp³-hybridized carbons (Fsp3) is 0.0638. The van der Waals surface area contributed by atoms with Gasteiger partial charge in [0.25, 0.3) is 0 Å². The number of rotatable bonds is 4. The Morgan fingerprint density at radius 1 is 0.449 bits per heavy atom. The van der Waals surface area contributed by atoms with Crippen LogP contribution in [0.15, 0.2) is 164 Å². The van der Waals surface area contributed by atoms with Crippen molar-refractivity contribution in [1.29, 1.82) is 0 Å². The molecule has 0 radical (unpaired) electrons. The molecule has 0 unspecified atom stereocenters. The van der Waals surface area contributed by atoms with Gasteiger partial charge in [-0.25, -0.2) is 0 Å². The van der Waals surface area contributed by atoms with Gasteiger partial charge in [-0.2, -0.15) is 0 Å². The van der Waals surface area contributed by atoms with E-state index in [1.165, 1.54) is 80.8 Å². The summed E-state index contributed by atoms with van der Waals surface area (Å²) in [5.41, 5.74) is 11.3. The average Bonchev–Trinajstić information content (AvgIpc) is 3.62. The highest BCUT2D eigenvalue weighted by Crippen LogP contribution is 2.54. The molecule has 0 spiro atoms. The topological polar surface area (TPSA) is 3.24 Å². The number of nitrogens with zero attached hydrogens (tertiary/aromatic N) is 1. The van der Waals surface area contributed by atoms with Crippen LogP contribution in [0.3, 0.4) is 0 Å². The lowest BCUT2D eigenvalue weighted by molar-refractivity contribution is 0.660. The fourth-order valence-corrected chi connectivity index (χ4v) is 9.35. The van der Waals surface area contributed by atoms with Gasteiger partial charge in [0.2, 0.25) is 0 Å². The van der Waals surface area contributed by atoms with Crippen LogP contribution in [0.4, 0.5) is 17.1 Å². The molecule has 0 N–H and O–H groups in total. The molecule has 1 nitrogen and oxygen atoms in total. The Morgan fingerprint density at radius 3 is 2.04 bits per heavy atom. The first kappa shape index (κ1) is 28.3. The van der Waals surface area contributed by atoms with E-state index in [9.17, 15) is 0 Å². The van der Waals surface area contributed by atoms with E-state index in [4.69, 9.17) is 0 Å². The summed E-state index contributed by atoms with van der Waals surface area (Å²) in [6.07, 6.45) is 0. The molecule has 1 aliphatic carbocycles. The van der Waals surface area contributed by atoms with Crippen LogP contribution in [-0.4, -0.2) is 0 Å². The highest BCUT2D eigenvalue weighted by molar-refractivity contribution is 7.25. The predicted octanol–water partition coefficient (Wildman–Crippen LogP) is 13.8. The summed E-state index contributed by atoms with van der Waals surface area (Å²) in [4.78, 5) is 2.47. The van der Waals surface area contributed by atoms with Gasteiger partial charge < -0.3 is 4.90 Å². The Labute approximate surface area is 290 Å². The summed E-state index contributed by atoms with van der Waals surface area (Å²) >= 11 is 1.88. The molecule has 49 heavy (non-hydrogen) atoms. The van der Waals surface area contributed by atoms with E-state index in [2.05, 4.69) is 183 Å². The predicted molar refractivity (Wildman–Crippen MR) is 212 cm³/mol. The lowest BCUT2D eigenvalue weighted by Crippen LogP contribution is -2.16. The molecule has 1 aliphatic rings. The van der Waals surface area contributed by atoms with Crippen LogP contribution >= 0.6 is 11.3 Å². The SMILES string of the molecule is CC1(C)c2ccccc2-c2c(N(c3ccc(-c4cccc5ccccc45)cc3)c3ccc4cc5c(cc4c3)sc3ccccc35)cccc21. The second-order valence-electron chi connectivity index (χ2n) is 13.8. The summed E-state index contributed by atoms with van der Waals surface area (Å²) in [7, 11) is 0. The first-order valence-electron chi connectivity index (χ1n) is 17.0. The van der Waals surface area contributed by atoms with E-state index in [1.807, 2.05) is 11.3 Å². The van der Waals surface area contributed by atoms with Crippen LogP contribution in [0.5, 0.6) is 0 Å². The minimum atomic E-state index is -0.0814. The smallest absolute Gasteiger partial charge is 0.0543 e. The zero-order valence-corrected chi connectivity index (χ0v) is 28.3. The van der Waals surface area contributed by atoms with E-state index in [-0.39, 0.29) is 5.41 Å². The Bertz CT molecular complexity index is 2740. The molecule has 10 rings (SSSR count). The minimum absolute atomic E-state index is 0.0814. The number of fused-ring (bicyclic) bond motifs is 8. The van der Waals surface area contributed by atoms with Crippen molar-refractivity contribution in [3.05, 3.63) is 175 Å². The number of hydrogen-bond donors (Lipinski definition) is 0. The lowest BCUT2D eigenvalue weighted by atomic mass is 9.82. The maximum absolute atomic E-state index is 2.47. The van der Waals surface area contributed by atoms with Crippen molar-refractivity contribution in [2.24, 2.45) is 0 Å². The zero-order chi connectivity index (χ0) is 32.7. The molecular weight excluding hydrogens is 611 g/mol. The van der Waals surface area contributed by atoms with Crippen molar-refractivity contribution in [3.8, 4) is 22.3 Å². The van der Waals surface area contributed by atoms with Gasteiger partial charge in [0, 0.05) is 42.5 Å². The van der Waals surface area contributed by atoms with Crippen LogP contribution < -0.4 is 4.90 Å². The van der Waals surface area contributed by atoms with Gasteiger partial charge in [0.05, 0.1) is 5.69 Å². The summed E-state index contributed by atoms with van der Waals surface area (Å²) in [6, 6.07) is 60.7. The van der Waals surface area contributed by atoms with Gasteiger partial charge in [-0.05, 0) is 97.9 Å². The van der Waals surface area contributed by atoms with Gasteiger partial charge in [0.1, 0.15) is 0 Å². The third-order valence-electron chi connectivity index (χ3n) is 10.6. The first-order valence-corrected chi connectivity index (χ1v) is 17.8. The Morgan fingerprint density at radius 2 is 1.14 bits per heavy atom. The summed E-state index contributed by atoms with van der Waals surface area (Å²) in [5.74, 6) is 0. The fourth-order valence-electron chi connectivity index (χ4n) is 8.21. The Hall–Kier alpha value is -5.70. The monoisotopic (exact) mass is 643 g/mol. The number of anilines is 3. The molecule has 0 bridgehead atoms. The van der Waals surface area contributed by atoms with Gasteiger partial charge in [0.15, 0.2) is 0 Å². The molecule has 0 saturated carbocycles. The molecule has 0 amide bonds. The van der Waals surface area contributed by atoms with Crippen LogP contribution in [0.25, 0.3) is 64.0 Å². The van der Waals surface area contributed by atoms with Crippen LogP contribution in [-0.2, 0) is 5.41 Å². The molecule has 1 aromatic heterocycles. The molecule has 232 valence electrons. The minimum Gasteiger partial charge on any atom is -0.310 e. The Kier molecular flexibility index (Phi) is 6.16. The van der Waals surface area contributed by atoms with E-state index >= 15 is 0 Å².